The first-order valence-electron chi connectivity index (χ1n) is 10.3. The monoisotopic (exact) mass is 438 g/mol. The molecule has 0 amide bonds. The number of esters is 2. The van der Waals surface area contributed by atoms with Crippen molar-refractivity contribution in [2.24, 2.45) is 0 Å². The minimum atomic E-state index is -0.415. The maximum Gasteiger partial charge on any atom is 0.338 e. The highest BCUT2D eigenvalue weighted by atomic mass is 16.5. The van der Waals surface area contributed by atoms with E-state index >= 15 is 0 Å². The minimum absolute atomic E-state index is 0.415. The summed E-state index contributed by atoms with van der Waals surface area (Å²) < 4.78 is 9.97. The number of benzene rings is 3. The first kappa shape index (κ1) is 21.9. The highest BCUT2D eigenvalue weighted by Crippen LogP contribution is 2.33. The summed E-state index contributed by atoms with van der Waals surface area (Å²) in [4.78, 5) is 33.4. The van der Waals surface area contributed by atoms with Crippen LogP contribution in [0.2, 0.25) is 0 Å². The summed E-state index contributed by atoms with van der Waals surface area (Å²) in [6.45, 7) is 0. The zero-order valence-electron chi connectivity index (χ0n) is 18.3. The fraction of sp³-hybridized carbons (Fsp3) is 0.111. The van der Waals surface area contributed by atoms with Gasteiger partial charge >= 0.3 is 11.9 Å². The van der Waals surface area contributed by atoms with Crippen molar-refractivity contribution in [1.29, 1.82) is 0 Å². The molecule has 164 valence electrons. The first-order chi connectivity index (χ1) is 16.1. The number of ether oxygens (including phenoxy) is 2. The smallest absolute Gasteiger partial charge is 0.338 e. The maximum atomic E-state index is 12.4. The van der Waals surface area contributed by atoms with Gasteiger partial charge in [0.2, 0.25) is 0 Å². The number of aromatic nitrogens is 2. The van der Waals surface area contributed by atoms with Crippen molar-refractivity contribution in [3.63, 3.8) is 0 Å². The molecule has 0 bridgehead atoms. The second-order valence-electron chi connectivity index (χ2n) is 7.37. The van der Waals surface area contributed by atoms with E-state index in [1.54, 1.807) is 42.9 Å². The van der Waals surface area contributed by atoms with Crippen LogP contribution in [0.1, 0.15) is 32.0 Å². The van der Waals surface area contributed by atoms with E-state index in [1.807, 2.05) is 42.5 Å². The van der Waals surface area contributed by atoms with Gasteiger partial charge in [0.1, 0.15) is 0 Å². The number of rotatable bonds is 6. The second kappa shape index (κ2) is 9.87. The number of carbonyl (C=O) groups excluding carboxylic acids is 2. The zero-order chi connectivity index (χ0) is 23.2. The third kappa shape index (κ3) is 4.80. The SMILES string of the molecule is COC(=O)c1ccccc1-c1cc(Cc2cnccn2)cc(-c2ccccc2C(=O)OC)c1. The Morgan fingerprint density at radius 2 is 1.30 bits per heavy atom. The normalized spacial score (nSPS) is 10.5. The van der Waals surface area contributed by atoms with E-state index in [4.69, 9.17) is 9.47 Å². The lowest BCUT2D eigenvalue weighted by Crippen LogP contribution is -2.05. The molecule has 6 nitrogen and oxygen atoms in total. The predicted octanol–water partition coefficient (Wildman–Crippen LogP) is 4.97. The van der Waals surface area contributed by atoms with Gasteiger partial charge in [0, 0.05) is 25.0 Å². The Kier molecular flexibility index (Phi) is 6.55. The van der Waals surface area contributed by atoms with Gasteiger partial charge < -0.3 is 9.47 Å². The largest absolute Gasteiger partial charge is 0.465 e. The van der Waals surface area contributed by atoms with Gasteiger partial charge in [0.15, 0.2) is 0 Å². The van der Waals surface area contributed by atoms with E-state index in [0.29, 0.717) is 17.5 Å². The molecule has 6 heteroatoms. The van der Waals surface area contributed by atoms with Crippen LogP contribution in [-0.2, 0) is 15.9 Å². The first-order valence-corrected chi connectivity index (χ1v) is 10.3. The van der Waals surface area contributed by atoms with E-state index < -0.39 is 11.9 Å². The van der Waals surface area contributed by atoms with Crippen LogP contribution in [0, 0.1) is 0 Å². The van der Waals surface area contributed by atoms with Crippen molar-refractivity contribution in [1.82, 2.24) is 9.97 Å². The molecule has 0 fully saturated rings. The fourth-order valence-corrected chi connectivity index (χ4v) is 3.78. The molecule has 0 radical (unpaired) electrons. The van der Waals surface area contributed by atoms with Crippen molar-refractivity contribution in [3.05, 3.63) is 108 Å². The van der Waals surface area contributed by atoms with Crippen molar-refractivity contribution >= 4 is 11.9 Å². The third-order valence-corrected chi connectivity index (χ3v) is 5.28. The average molecular weight is 438 g/mol. The summed E-state index contributed by atoms with van der Waals surface area (Å²) in [5.74, 6) is -0.831. The molecule has 3 aromatic carbocycles. The number of nitrogens with zero attached hydrogens (tertiary/aromatic N) is 2. The predicted molar refractivity (Wildman–Crippen MR) is 125 cm³/mol. The molecule has 0 aliphatic rings. The molecule has 1 heterocycles. The summed E-state index contributed by atoms with van der Waals surface area (Å²) >= 11 is 0. The Morgan fingerprint density at radius 3 is 1.79 bits per heavy atom. The van der Waals surface area contributed by atoms with Crippen LogP contribution >= 0.6 is 0 Å². The van der Waals surface area contributed by atoms with E-state index in [1.165, 1.54) is 14.2 Å². The number of carbonyl (C=O) groups is 2. The van der Waals surface area contributed by atoms with Gasteiger partial charge in [0.25, 0.3) is 0 Å². The molecule has 0 aliphatic heterocycles. The van der Waals surface area contributed by atoms with E-state index in [9.17, 15) is 9.59 Å². The number of methoxy groups -OCH3 is 2. The quantitative estimate of drug-likeness (QED) is 0.395. The van der Waals surface area contributed by atoms with Crippen LogP contribution in [0.15, 0.2) is 85.3 Å². The third-order valence-electron chi connectivity index (χ3n) is 5.28. The molecule has 4 rings (SSSR count). The molecule has 0 saturated heterocycles. The van der Waals surface area contributed by atoms with Gasteiger partial charge in [-0.3, -0.25) is 9.97 Å². The Balaban J connectivity index is 1.92. The molecule has 0 unspecified atom stereocenters. The molecule has 33 heavy (non-hydrogen) atoms. The lowest BCUT2D eigenvalue weighted by molar-refractivity contribution is 0.0592. The van der Waals surface area contributed by atoms with Crippen LogP contribution in [-0.4, -0.2) is 36.1 Å². The Hall–Kier alpha value is -4.32. The topological polar surface area (TPSA) is 78.4 Å². The zero-order valence-corrected chi connectivity index (χ0v) is 18.3. The van der Waals surface area contributed by atoms with Crippen molar-refractivity contribution in [3.8, 4) is 22.3 Å². The van der Waals surface area contributed by atoms with Crippen LogP contribution < -0.4 is 0 Å². The average Bonchev–Trinajstić information content (AvgIpc) is 2.88. The molecule has 1 aromatic heterocycles. The van der Waals surface area contributed by atoms with Crippen molar-refractivity contribution < 1.29 is 19.1 Å². The van der Waals surface area contributed by atoms with Gasteiger partial charge in [-0.25, -0.2) is 9.59 Å². The van der Waals surface area contributed by atoms with Crippen LogP contribution in [0.5, 0.6) is 0 Å². The van der Waals surface area contributed by atoms with Crippen LogP contribution in [0.4, 0.5) is 0 Å². The van der Waals surface area contributed by atoms with Crippen molar-refractivity contribution in [2.45, 2.75) is 6.42 Å². The highest BCUT2D eigenvalue weighted by molar-refractivity contribution is 5.99. The summed E-state index contributed by atoms with van der Waals surface area (Å²) in [5.41, 5.74) is 5.82. The molecule has 0 spiro atoms. The van der Waals surface area contributed by atoms with Crippen LogP contribution in [0.25, 0.3) is 22.3 Å². The lowest BCUT2D eigenvalue weighted by Gasteiger charge is -2.14. The Morgan fingerprint density at radius 1 is 0.758 bits per heavy atom. The summed E-state index contributed by atoms with van der Waals surface area (Å²) in [7, 11) is 2.73. The van der Waals surface area contributed by atoms with E-state index in [-0.39, 0.29) is 0 Å². The number of hydrogen-bond donors (Lipinski definition) is 0. The van der Waals surface area contributed by atoms with Gasteiger partial charge in [-0.15, -0.1) is 0 Å². The summed E-state index contributed by atoms with van der Waals surface area (Å²) in [6, 6.07) is 20.6. The maximum absolute atomic E-state index is 12.4. The second-order valence-corrected chi connectivity index (χ2v) is 7.37. The van der Waals surface area contributed by atoms with Crippen LogP contribution in [0.3, 0.4) is 0 Å². The molecule has 0 atom stereocenters. The van der Waals surface area contributed by atoms with E-state index in [2.05, 4.69) is 9.97 Å². The van der Waals surface area contributed by atoms with Gasteiger partial charge in [0.05, 0.1) is 31.0 Å². The molecule has 0 aliphatic carbocycles. The molecular formula is C27H22N2O4. The summed E-state index contributed by atoms with van der Waals surface area (Å²) in [5, 5.41) is 0. The lowest BCUT2D eigenvalue weighted by atomic mass is 9.91. The minimum Gasteiger partial charge on any atom is -0.465 e. The molecule has 4 aromatic rings. The summed E-state index contributed by atoms with van der Waals surface area (Å²) in [6.07, 6.45) is 5.54. The molecule has 0 saturated carbocycles. The molecular weight excluding hydrogens is 416 g/mol. The Bertz CT molecular complexity index is 1220. The van der Waals surface area contributed by atoms with Gasteiger partial charge in [-0.1, -0.05) is 48.5 Å². The van der Waals surface area contributed by atoms with Gasteiger partial charge in [-0.2, -0.15) is 0 Å². The van der Waals surface area contributed by atoms with Gasteiger partial charge in [-0.05, 0) is 46.0 Å². The van der Waals surface area contributed by atoms with Crippen molar-refractivity contribution in [2.75, 3.05) is 14.2 Å². The van der Waals surface area contributed by atoms with E-state index in [0.717, 1.165) is 33.5 Å². The Labute approximate surface area is 191 Å². The standard InChI is InChI=1S/C27H22N2O4/c1-32-26(30)24-9-5-3-7-22(24)19-13-18(15-21-17-28-11-12-29-21)14-20(16-19)23-8-4-6-10-25(23)27(31)33-2/h3-14,16-17H,15H2,1-2H3. The fourth-order valence-electron chi connectivity index (χ4n) is 3.78. The number of hydrogen-bond acceptors (Lipinski definition) is 6. The molecule has 0 N–H and O–H groups in total. The highest BCUT2D eigenvalue weighted by Gasteiger charge is 2.17.